The van der Waals surface area contributed by atoms with Crippen LogP contribution in [0.25, 0.3) is 5.69 Å². The van der Waals surface area contributed by atoms with E-state index < -0.39 is 15.7 Å². The van der Waals surface area contributed by atoms with E-state index in [9.17, 15) is 17.6 Å². The van der Waals surface area contributed by atoms with Crippen LogP contribution in [0.5, 0.6) is 0 Å². The summed E-state index contributed by atoms with van der Waals surface area (Å²) in [6.07, 6.45) is 7.02. The van der Waals surface area contributed by atoms with Crippen LogP contribution >= 0.6 is 11.6 Å². The molecule has 1 unspecified atom stereocenters. The molecule has 2 aromatic heterocycles. The monoisotopic (exact) mass is 505 g/mol. The molecule has 0 fully saturated rings. The zero-order valence-electron chi connectivity index (χ0n) is 18.8. The van der Waals surface area contributed by atoms with Crippen molar-refractivity contribution in [3.05, 3.63) is 64.8 Å². The first-order chi connectivity index (χ1) is 16.2. The van der Waals surface area contributed by atoms with E-state index >= 15 is 0 Å². The number of sulfone groups is 1. The number of carbonyl (C=O) groups is 1. The maximum Gasteiger partial charge on any atom is 0.322 e. The summed E-state index contributed by atoms with van der Waals surface area (Å²) >= 11 is 5.94. The lowest BCUT2D eigenvalue weighted by atomic mass is 10.0. The standard InChI is InChI=1S/C23H25ClFN5O3S/c1-3-5-19(15-9-10-26-22(12-15)34(2,32)33)28-23(31)29-11-4-6-20-21(29)14-27-30(20)16-7-8-18(25)17(24)13-16/h7-10,12-14,19H,3-6,11H2,1-2H3,(H,28,31). The highest BCUT2D eigenvalue weighted by atomic mass is 35.5. The summed E-state index contributed by atoms with van der Waals surface area (Å²) in [5.41, 5.74) is 2.80. The number of nitrogens with zero attached hydrogens (tertiary/aromatic N) is 4. The maximum absolute atomic E-state index is 13.6. The Morgan fingerprint density at radius 2 is 2.09 bits per heavy atom. The van der Waals surface area contributed by atoms with Crippen molar-refractivity contribution < 1.29 is 17.6 Å². The van der Waals surface area contributed by atoms with Gasteiger partial charge in [0.15, 0.2) is 14.9 Å². The van der Waals surface area contributed by atoms with Gasteiger partial charge in [0.25, 0.3) is 0 Å². The van der Waals surface area contributed by atoms with Crippen LogP contribution in [0.1, 0.15) is 43.5 Å². The molecule has 3 aromatic rings. The van der Waals surface area contributed by atoms with Crippen molar-refractivity contribution in [2.24, 2.45) is 0 Å². The average molecular weight is 506 g/mol. The third-order valence-electron chi connectivity index (χ3n) is 5.74. The Bertz CT molecular complexity index is 1330. The first-order valence-corrected chi connectivity index (χ1v) is 13.2. The highest BCUT2D eigenvalue weighted by molar-refractivity contribution is 7.90. The summed E-state index contributed by atoms with van der Waals surface area (Å²) in [5, 5.41) is 7.44. The number of rotatable bonds is 6. The number of anilines is 1. The van der Waals surface area contributed by atoms with Gasteiger partial charge in [0.2, 0.25) is 0 Å². The molecule has 0 aliphatic carbocycles. The van der Waals surface area contributed by atoms with Crippen molar-refractivity contribution in [2.75, 3.05) is 17.7 Å². The largest absolute Gasteiger partial charge is 0.331 e. The zero-order valence-corrected chi connectivity index (χ0v) is 20.4. The van der Waals surface area contributed by atoms with E-state index in [0.29, 0.717) is 36.3 Å². The van der Waals surface area contributed by atoms with Gasteiger partial charge >= 0.3 is 6.03 Å². The molecule has 0 saturated heterocycles. The minimum absolute atomic E-state index is 0.000352. The van der Waals surface area contributed by atoms with E-state index in [-0.39, 0.29) is 22.1 Å². The molecule has 1 atom stereocenters. The minimum atomic E-state index is -3.47. The SMILES string of the molecule is CCCC(NC(=O)N1CCCc2c1cnn2-c1ccc(F)c(Cl)c1)c1ccnc(S(C)(=O)=O)c1. The van der Waals surface area contributed by atoms with Gasteiger partial charge in [-0.2, -0.15) is 5.10 Å². The van der Waals surface area contributed by atoms with Crippen molar-refractivity contribution in [1.29, 1.82) is 0 Å². The van der Waals surface area contributed by atoms with Crippen molar-refractivity contribution in [1.82, 2.24) is 20.1 Å². The molecule has 1 aromatic carbocycles. The molecule has 0 spiro atoms. The van der Waals surface area contributed by atoms with Crippen LogP contribution < -0.4 is 10.2 Å². The summed E-state index contributed by atoms with van der Waals surface area (Å²) < 4.78 is 39.1. The van der Waals surface area contributed by atoms with Gasteiger partial charge in [0.05, 0.1) is 34.3 Å². The van der Waals surface area contributed by atoms with Crippen molar-refractivity contribution >= 4 is 33.2 Å². The van der Waals surface area contributed by atoms with Crippen molar-refractivity contribution in [3.63, 3.8) is 0 Å². The first-order valence-electron chi connectivity index (χ1n) is 11.0. The van der Waals surface area contributed by atoms with Crippen LogP contribution in [0.15, 0.2) is 47.8 Å². The van der Waals surface area contributed by atoms with Crippen LogP contribution in [-0.2, 0) is 16.3 Å². The Labute approximate surface area is 202 Å². The van der Waals surface area contributed by atoms with Gasteiger partial charge < -0.3 is 5.32 Å². The number of amides is 2. The number of benzene rings is 1. The molecule has 0 bridgehead atoms. The van der Waals surface area contributed by atoms with Crippen molar-refractivity contribution in [2.45, 2.75) is 43.7 Å². The fraction of sp³-hybridized carbons (Fsp3) is 0.348. The number of fused-ring (bicyclic) bond motifs is 1. The summed E-state index contributed by atoms with van der Waals surface area (Å²) in [7, 11) is -3.47. The van der Waals surface area contributed by atoms with Crippen molar-refractivity contribution in [3.8, 4) is 5.69 Å². The lowest BCUT2D eigenvalue weighted by molar-refractivity contribution is 0.241. The average Bonchev–Trinajstić information content (AvgIpc) is 3.24. The molecule has 180 valence electrons. The van der Waals surface area contributed by atoms with E-state index in [1.807, 2.05) is 6.92 Å². The van der Waals surface area contributed by atoms with E-state index in [0.717, 1.165) is 24.8 Å². The Morgan fingerprint density at radius 3 is 2.79 bits per heavy atom. The molecule has 0 radical (unpaired) electrons. The molecular weight excluding hydrogens is 481 g/mol. The number of carbonyl (C=O) groups excluding carboxylic acids is 1. The summed E-state index contributed by atoms with van der Waals surface area (Å²) in [5.74, 6) is -0.510. The van der Waals surface area contributed by atoms with Gasteiger partial charge in [-0.25, -0.2) is 27.3 Å². The number of urea groups is 1. The van der Waals surface area contributed by atoms with E-state index in [1.165, 1.54) is 24.4 Å². The first kappa shape index (κ1) is 24.2. The Kier molecular flexibility index (Phi) is 6.90. The van der Waals surface area contributed by atoms with Gasteiger partial charge in [0, 0.05) is 19.0 Å². The number of hydrogen-bond donors (Lipinski definition) is 1. The van der Waals surface area contributed by atoms with Crippen LogP contribution in [0.3, 0.4) is 0 Å². The zero-order chi connectivity index (χ0) is 24.5. The highest BCUT2D eigenvalue weighted by Crippen LogP contribution is 2.31. The lowest BCUT2D eigenvalue weighted by Crippen LogP contribution is -2.44. The molecule has 3 heterocycles. The molecule has 34 heavy (non-hydrogen) atoms. The minimum Gasteiger partial charge on any atom is -0.331 e. The molecule has 1 aliphatic heterocycles. The molecule has 2 amide bonds. The number of pyridine rings is 1. The molecule has 11 heteroatoms. The summed E-state index contributed by atoms with van der Waals surface area (Å²) in [6, 6.07) is 6.93. The second-order valence-electron chi connectivity index (χ2n) is 8.23. The molecule has 4 rings (SSSR count). The van der Waals surface area contributed by atoms with Crippen LogP contribution in [-0.4, -0.2) is 42.0 Å². The molecular formula is C23H25ClFN5O3S. The predicted octanol–water partition coefficient (Wildman–Crippen LogP) is 4.47. The lowest BCUT2D eigenvalue weighted by Gasteiger charge is -2.30. The Balaban J connectivity index is 1.60. The topological polar surface area (TPSA) is 97.2 Å². The summed E-state index contributed by atoms with van der Waals surface area (Å²) in [4.78, 5) is 18.9. The third-order valence-corrected chi connectivity index (χ3v) is 7.01. The molecule has 1 aliphatic rings. The van der Waals surface area contributed by atoms with Gasteiger partial charge in [0.1, 0.15) is 5.82 Å². The van der Waals surface area contributed by atoms with Gasteiger partial charge in [-0.15, -0.1) is 0 Å². The predicted molar refractivity (Wildman–Crippen MR) is 128 cm³/mol. The Hall–Kier alpha value is -2.98. The number of halogens is 2. The van der Waals surface area contributed by atoms with E-state index in [1.54, 1.807) is 27.9 Å². The number of hydrogen-bond acceptors (Lipinski definition) is 5. The van der Waals surface area contributed by atoms with Crippen LogP contribution in [0.2, 0.25) is 5.02 Å². The smallest absolute Gasteiger partial charge is 0.322 e. The Morgan fingerprint density at radius 1 is 1.29 bits per heavy atom. The van der Waals surface area contributed by atoms with Gasteiger partial charge in [-0.05, 0) is 55.2 Å². The van der Waals surface area contributed by atoms with E-state index in [2.05, 4.69) is 15.4 Å². The second-order valence-corrected chi connectivity index (χ2v) is 10.6. The summed E-state index contributed by atoms with van der Waals surface area (Å²) in [6.45, 7) is 2.51. The fourth-order valence-electron chi connectivity index (χ4n) is 4.08. The molecule has 0 saturated carbocycles. The van der Waals surface area contributed by atoms with Crippen LogP contribution in [0.4, 0.5) is 14.9 Å². The quantitative estimate of drug-likeness (QED) is 0.533. The normalized spacial score (nSPS) is 14.5. The highest BCUT2D eigenvalue weighted by Gasteiger charge is 2.28. The van der Waals surface area contributed by atoms with Gasteiger partial charge in [-0.1, -0.05) is 24.9 Å². The number of aromatic nitrogens is 3. The maximum atomic E-state index is 13.6. The molecule has 1 N–H and O–H groups in total. The second kappa shape index (κ2) is 9.71. The number of nitrogens with one attached hydrogen (secondary N) is 1. The molecule has 8 nitrogen and oxygen atoms in total. The fourth-order valence-corrected chi connectivity index (χ4v) is 4.86. The van der Waals surface area contributed by atoms with E-state index in [4.69, 9.17) is 11.6 Å². The van der Waals surface area contributed by atoms with Gasteiger partial charge in [-0.3, -0.25) is 4.90 Å². The third kappa shape index (κ3) is 4.92. The van der Waals surface area contributed by atoms with Crippen LogP contribution in [0, 0.1) is 5.82 Å².